The summed E-state index contributed by atoms with van der Waals surface area (Å²) in [4.78, 5) is 18.3. The normalized spacial score (nSPS) is 21.9. The van der Waals surface area contributed by atoms with Gasteiger partial charge in [0.25, 0.3) is 0 Å². The van der Waals surface area contributed by atoms with Crippen molar-refractivity contribution in [1.82, 2.24) is 4.98 Å². The van der Waals surface area contributed by atoms with Gasteiger partial charge in [-0.15, -0.1) is 0 Å². The minimum Gasteiger partial charge on any atom is -0.398 e. The molecule has 1 saturated heterocycles. The van der Waals surface area contributed by atoms with E-state index in [1.807, 2.05) is 25.1 Å². The zero-order valence-corrected chi connectivity index (χ0v) is 13.4. The van der Waals surface area contributed by atoms with Crippen molar-refractivity contribution in [2.75, 3.05) is 23.7 Å². The first kappa shape index (κ1) is 14.1. The second-order valence-electron chi connectivity index (χ2n) is 5.82. The van der Waals surface area contributed by atoms with Crippen molar-refractivity contribution >= 4 is 44.1 Å². The van der Waals surface area contributed by atoms with Crippen molar-refractivity contribution in [2.45, 2.75) is 13.3 Å². The molecule has 3 rings (SSSR count). The minimum absolute atomic E-state index is 0.250. The average Bonchev–Trinajstić information content (AvgIpc) is 2.84. The summed E-state index contributed by atoms with van der Waals surface area (Å²) in [5.74, 6) is -0.250. The van der Waals surface area contributed by atoms with Crippen LogP contribution in [-0.2, 0) is 4.79 Å². The van der Waals surface area contributed by atoms with Gasteiger partial charge in [-0.05, 0) is 47.5 Å². The van der Waals surface area contributed by atoms with Gasteiger partial charge in [0, 0.05) is 34.8 Å². The molecule has 110 valence electrons. The van der Waals surface area contributed by atoms with Gasteiger partial charge in [0.2, 0.25) is 5.91 Å². The van der Waals surface area contributed by atoms with Crippen LogP contribution < -0.4 is 16.4 Å². The maximum absolute atomic E-state index is 11.6. The lowest BCUT2D eigenvalue weighted by Crippen LogP contribution is -2.37. The molecule has 6 heteroatoms. The van der Waals surface area contributed by atoms with Crippen molar-refractivity contribution in [1.29, 1.82) is 0 Å². The van der Waals surface area contributed by atoms with Gasteiger partial charge in [-0.25, -0.2) is 0 Å². The van der Waals surface area contributed by atoms with Crippen molar-refractivity contribution < 1.29 is 4.79 Å². The van der Waals surface area contributed by atoms with E-state index >= 15 is 0 Å². The number of amides is 1. The number of hydrogen-bond acceptors (Lipinski definition) is 4. The largest absolute Gasteiger partial charge is 0.398 e. The smallest absolute Gasteiger partial charge is 0.225 e. The lowest BCUT2D eigenvalue weighted by atomic mass is 9.89. The third-order valence-electron chi connectivity index (χ3n) is 4.24. The molecule has 1 fully saturated rings. The van der Waals surface area contributed by atoms with Crippen LogP contribution in [0, 0.1) is 5.41 Å². The van der Waals surface area contributed by atoms with E-state index in [4.69, 9.17) is 11.5 Å². The Morgan fingerprint density at radius 3 is 2.90 bits per heavy atom. The van der Waals surface area contributed by atoms with Crippen LogP contribution in [0.15, 0.2) is 28.9 Å². The predicted molar refractivity (Wildman–Crippen MR) is 88.0 cm³/mol. The first-order valence-electron chi connectivity index (χ1n) is 6.79. The minimum atomic E-state index is -0.483. The van der Waals surface area contributed by atoms with Crippen molar-refractivity contribution in [3.05, 3.63) is 28.9 Å². The Morgan fingerprint density at radius 2 is 2.24 bits per heavy atom. The fourth-order valence-corrected chi connectivity index (χ4v) is 3.16. The van der Waals surface area contributed by atoms with E-state index in [1.54, 1.807) is 6.20 Å². The highest BCUT2D eigenvalue weighted by Crippen LogP contribution is 2.37. The van der Waals surface area contributed by atoms with Crippen LogP contribution in [0.4, 0.5) is 11.4 Å². The monoisotopic (exact) mass is 348 g/mol. The third-order valence-corrected chi connectivity index (χ3v) is 4.67. The highest BCUT2D eigenvalue weighted by molar-refractivity contribution is 9.10. The molecule has 0 saturated carbocycles. The molecule has 2 heterocycles. The van der Waals surface area contributed by atoms with Crippen LogP contribution in [-0.4, -0.2) is 24.0 Å². The molecule has 0 bridgehead atoms. The van der Waals surface area contributed by atoms with Gasteiger partial charge in [0.15, 0.2) is 0 Å². The zero-order valence-electron chi connectivity index (χ0n) is 11.8. The highest BCUT2D eigenvalue weighted by Gasteiger charge is 2.39. The number of primary amides is 1. The summed E-state index contributed by atoms with van der Waals surface area (Å²) in [5.41, 5.74) is 13.6. The Labute approximate surface area is 131 Å². The molecule has 1 unspecified atom stereocenters. The summed E-state index contributed by atoms with van der Waals surface area (Å²) in [6, 6.07) is 5.81. The number of rotatable bonds is 2. The average molecular weight is 349 g/mol. The molecule has 2 aromatic rings. The molecule has 21 heavy (non-hydrogen) atoms. The molecular weight excluding hydrogens is 332 g/mol. The number of carbonyl (C=O) groups excluding carboxylic acids is 1. The zero-order chi connectivity index (χ0) is 15.2. The van der Waals surface area contributed by atoms with E-state index in [0.717, 1.165) is 34.0 Å². The summed E-state index contributed by atoms with van der Waals surface area (Å²) in [6.07, 6.45) is 2.51. The number of carbonyl (C=O) groups is 1. The molecule has 1 aliphatic heterocycles. The molecule has 5 nitrogen and oxygen atoms in total. The number of hydrogen-bond donors (Lipinski definition) is 2. The fraction of sp³-hybridized carbons (Fsp3) is 0.333. The van der Waals surface area contributed by atoms with E-state index in [1.165, 1.54) is 0 Å². The first-order valence-corrected chi connectivity index (χ1v) is 7.59. The lowest BCUT2D eigenvalue weighted by Gasteiger charge is -2.23. The number of nitrogen functional groups attached to an aromatic ring is 1. The third kappa shape index (κ3) is 2.33. The molecule has 1 aromatic heterocycles. The Kier molecular flexibility index (Phi) is 3.28. The molecule has 0 spiro atoms. The van der Waals surface area contributed by atoms with Crippen molar-refractivity contribution in [3.8, 4) is 0 Å². The van der Waals surface area contributed by atoms with Gasteiger partial charge >= 0.3 is 0 Å². The number of halogens is 1. The number of benzene rings is 1. The van der Waals surface area contributed by atoms with E-state index < -0.39 is 5.41 Å². The molecular formula is C15H17BrN4O. The maximum atomic E-state index is 11.6. The van der Waals surface area contributed by atoms with Crippen LogP contribution >= 0.6 is 15.9 Å². The second kappa shape index (κ2) is 4.87. The predicted octanol–water partition coefficient (Wildman–Crippen LogP) is 2.28. The lowest BCUT2D eigenvalue weighted by molar-refractivity contribution is -0.125. The highest BCUT2D eigenvalue weighted by atomic mass is 79.9. The quantitative estimate of drug-likeness (QED) is 0.815. The molecule has 1 aliphatic rings. The molecule has 4 N–H and O–H groups in total. The van der Waals surface area contributed by atoms with Gasteiger partial charge in [0.05, 0.1) is 16.6 Å². The maximum Gasteiger partial charge on any atom is 0.225 e. The van der Waals surface area contributed by atoms with Gasteiger partial charge in [0.1, 0.15) is 0 Å². The second-order valence-corrected chi connectivity index (χ2v) is 6.74. The van der Waals surface area contributed by atoms with E-state index in [2.05, 4.69) is 25.8 Å². The Hall–Kier alpha value is -1.82. The van der Waals surface area contributed by atoms with E-state index in [9.17, 15) is 4.79 Å². The van der Waals surface area contributed by atoms with Crippen LogP contribution in [0.25, 0.3) is 10.9 Å². The molecule has 1 atom stereocenters. The molecule has 0 aliphatic carbocycles. The van der Waals surface area contributed by atoms with Crippen LogP contribution in [0.3, 0.4) is 0 Å². The van der Waals surface area contributed by atoms with Gasteiger partial charge in [-0.1, -0.05) is 0 Å². The van der Waals surface area contributed by atoms with Crippen LogP contribution in [0.5, 0.6) is 0 Å². The van der Waals surface area contributed by atoms with Crippen LogP contribution in [0.1, 0.15) is 13.3 Å². The number of nitrogens with zero attached hydrogens (tertiary/aromatic N) is 2. The molecule has 1 amide bonds. The number of fused-ring (bicyclic) bond motifs is 1. The van der Waals surface area contributed by atoms with Gasteiger partial charge in [-0.3, -0.25) is 9.78 Å². The van der Waals surface area contributed by atoms with Gasteiger partial charge in [-0.2, -0.15) is 0 Å². The standard InChI is InChI=1S/C15H17BrN4O/c1-15(14(18)21)4-5-20(8-15)12-3-2-11(17)10-6-9(16)7-19-13(10)12/h2-3,6-7H,4-5,8,17H2,1H3,(H2,18,21). The summed E-state index contributed by atoms with van der Waals surface area (Å²) < 4.78 is 0.891. The van der Waals surface area contributed by atoms with E-state index in [-0.39, 0.29) is 5.91 Å². The summed E-state index contributed by atoms with van der Waals surface area (Å²) in [6.45, 7) is 3.31. The van der Waals surface area contributed by atoms with Crippen molar-refractivity contribution in [3.63, 3.8) is 0 Å². The Balaban J connectivity index is 2.07. The number of anilines is 2. The SMILES string of the molecule is CC1(C(N)=O)CCN(c2ccc(N)c3cc(Br)cnc23)C1. The topological polar surface area (TPSA) is 85.2 Å². The molecule has 0 radical (unpaired) electrons. The number of pyridine rings is 1. The van der Waals surface area contributed by atoms with Crippen molar-refractivity contribution in [2.24, 2.45) is 11.1 Å². The van der Waals surface area contributed by atoms with E-state index in [0.29, 0.717) is 12.2 Å². The summed E-state index contributed by atoms with van der Waals surface area (Å²) in [5, 5.41) is 0.912. The summed E-state index contributed by atoms with van der Waals surface area (Å²) >= 11 is 3.42. The Bertz CT molecular complexity index is 733. The number of aromatic nitrogens is 1. The molecule has 1 aromatic carbocycles. The fourth-order valence-electron chi connectivity index (χ4n) is 2.82. The Morgan fingerprint density at radius 1 is 1.48 bits per heavy atom. The summed E-state index contributed by atoms with van der Waals surface area (Å²) in [7, 11) is 0. The number of nitrogens with two attached hydrogens (primary N) is 2. The van der Waals surface area contributed by atoms with Gasteiger partial charge < -0.3 is 16.4 Å². The first-order chi connectivity index (χ1) is 9.90. The van der Waals surface area contributed by atoms with Crippen LogP contribution in [0.2, 0.25) is 0 Å².